The molecule has 2 aromatic carbocycles. The minimum Gasteiger partial charge on any atom is -0.508 e. The number of phenolic OH excluding ortho intramolecular Hbond substituents is 1. The van der Waals surface area contributed by atoms with Crippen LogP contribution in [0.1, 0.15) is 72.8 Å². The third-order valence-corrected chi connectivity index (χ3v) is 19.2. The quantitative estimate of drug-likeness (QED) is 0.139. The molecule has 280 valence electrons. The molecule has 1 aliphatic carbocycles. The molecule has 8 rings (SSSR count). The molecule has 8 nitrogen and oxygen atoms in total. The predicted octanol–water partition coefficient (Wildman–Crippen LogP) is 7.89. The zero-order valence-corrected chi connectivity index (χ0v) is 32.4. The number of halogens is 3. The molecule has 0 amide bonds. The van der Waals surface area contributed by atoms with Gasteiger partial charge < -0.3 is 20.5 Å². The van der Waals surface area contributed by atoms with E-state index in [1.165, 1.54) is 24.4 Å². The second-order valence-electron chi connectivity index (χ2n) is 17.1. The minimum atomic E-state index is -2.27. The molecule has 4 aliphatic rings. The molecule has 0 radical (unpaired) electrons. The fourth-order valence-electron chi connectivity index (χ4n) is 10.2. The summed E-state index contributed by atoms with van der Waals surface area (Å²) < 4.78 is 54.1. The zero-order chi connectivity index (χ0) is 37.6. The van der Waals surface area contributed by atoms with E-state index in [1.54, 1.807) is 6.07 Å². The Morgan fingerprint density at radius 3 is 2.51 bits per heavy atom. The van der Waals surface area contributed by atoms with Gasteiger partial charge in [-0.2, -0.15) is 9.97 Å². The highest BCUT2D eigenvalue weighted by atomic mass is 28.3. The van der Waals surface area contributed by atoms with Crippen molar-refractivity contribution < 1.29 is 23.0 Å². The topological polar surface area (TPSA) is 101 Å². The van der Waals surface area contributed by atoms with Crippen LogP contribution in [-0.2, 0) is 0 Å². The smallest absolute Gasteiger partial charge is 0.319 e. The highest BCUT2D eigenvalue weighted by molar-refractivity contribution is 6.90. The van der Waals surface area contributed by atoms with E-state index < -0.39 is 31.4 Å². The Hall–Kier alpha value is -3.92. The number of hydrogen-bond acceptors (Lipinski definition) is 8. The summed E-state index contributed by atoms with van der Waals surface area (Å²) in [6.07, 6.45) is 3.68. The molecule has 4 aromatic rings. The summed E-state index contributed by atoms with van der Waals surface area (Å²) in [6, 6.07) is 5.85. The third-order valence-electron chi connectivity index (χ3n) is 13.0. The van der Waals surface area contributed by atoms with Crippen molar-refractivity contribution in [1.82, 2.24) is 19.9 Å². The summed E-state index contributed by atoms with van der Waals surface area (Å²) >= 11 is 0. The van der Waals surface area contributed by atoms with Gasteiger partial charge in [-0.1, -0.05) is 53.5 Å². The van der Waals surface area contributed by atoms with Gasteiger partial charge >= 0.3 is 6.01 Å². The fourth-order valence-corrected chi connectivity index (χ4v) is 15.4. The maximum atomic E-state index is 17.2. The van der Waals surface area contributed by atoms with Gasteiger partial charge in [-0.05, 0) is 71.9 Å². The van der Waals surface area contributed by atoms with Gasteiger partial charge in [-0.3, -0.25) is 9.88 Å². The molecule has 5 heterocycles. The number of fused-ring (bicyclic) bond motifs is 4. The molecule has 3 aliphatic heterocycles. The molecule has 12 heteroatoms. The van der Waals surface area contributed by atoms with Crippen LogP contribution in [0.2, 0.25) is 16.6 Å². The SMILES string of the molecule is CC(C)[Si](C#Cc1c(F)ccc2cc(O)cc(-c3ncc4c(N5C[C@H]6C[C@@]6(N)C5)nc(OC[C@@]56CCCN5C[C@H](F)C6)nc4c3F)c12)(C(C)C)C(C)C. The van der Waals surface area contributed by atoms with Gasteiger partial charge in [0.05, 0.1) is 16.5 Å². The minimum absolute atomic E-state index is 0.00514. The number of nitrogens with two attached hydrogens (primary N) is 1. The molecule has 3 saturated heterocycles. The lowest BCUT2D eigenvalue weighted by Crippen LogP contribution is -2.43. The molecule has 4 fully saturated rings. The number of nitrogens with zero attached hydrogens (tertiary/aromatic N) is 5. The lowest BCUT2D eigenvalue weighted by molar-refractivity contribution is 0.107. The van der Waals surface area contributed by atoms with E-state index >= 15 is 8.78 Å². The average molecular weight is 743 g/mol. The van der Waals surface area contributed by atoms with Crippen LogP contribution in [0.15, 0.2) is 30.5 Å². The summed E-state index contributed by atoms with van der Waals surface area (Å²) in [6.45, 7) is 15.8. The van der Waals surface area contributed by atoms with Crippen molar-refractivity contribution in [2.45, 2.75) is 101 Å². The van der Waals surface area contributed by atoms with Gasteiger partial charge in [-0.15, -0.1) is 5.54 Å². The molecular formula is C41H49F3N6O2Si. The van der Waals surface area contributed by atoms with E-state index in [2.05, 4.69) is 67.9 Å². The van der Waals surface area contributed by atoms with Crippen LogP contribution in [0, 0.1) is 29.0 Å². The van der Waals surface area contributed by atoms with Gasteiger partial charge in [-0.25, -0.2) is 13.2 Å². The predicted molar refractivity (Wildman–Crippen MR) is 206 cm³/mol. The maximum absolute atomic E-state index is 17.2. The van der Waals surface area contributed by atoms with Gasteiger partial charge in [0.2, 0.25) is 0 Å². The molecule has 53 heavy (non-hydrogen) atoms. The van der Waals surface area contributed by atoms with Crippen molar-refractivity contribution in [3.05, 3.63) is 47.7 Å². The molecule has 2 aromatic heterocycles. The lowest BCUT2D eigenvalue weighted by Gasteiger charge is -2.38. The normalized spacial score (nSPS) is 25.5. The Labute approximate surface area is 310 Å². The van der Waals surface area contributed by atoms with E-state index in [0.717, 1.165) is 25.8 Å². The average Bonchev–Trinajstić information content (AvgIpc) is 3.33. The molecule has 0 spiro atoms. The number of rotatable bonds is 8. The van der Waals surface area contributed by atoms with Gasteiger partial charge in [0, 0.05) is 48.7 Å². The van der Waals surface area contributed by atoms with E-state index in [0.29, 0.717) is 70.6 Å². The number of phenols is 1. The number of anilines is 1. The first-order valence-corrected chi connectivity index (χ1v) is 21.3. The molecular weight excluding hydrogens is 694 g/mol. The van der Waals surface area contributed by atoms with Crippen LogP contribution < -0.4 is 15.4 Å². The number of benzene rings is 2. The second kappa shape index (κ2) is 12.8. The summed E-state index contributed by atoms with van der Waals surface area (Å²) in [5.41, 5.74) is 10.7. The van der Waals surface area contributed by atoms with Crippen LogP contribution >= 0.6 is 0 Å². The maximum Gasteiger partial charge on any atom is 0.319 e. The largest absolute Gasteiger partial charge is 0.508 e. The Bertz CT molecular complexity index is 2170. The van der Waals surface area contributed by atoms with Crippen molar-refractivity contribution >= 4 is 35.6 Å². The van der Waals surface area contributed by atoms with Crippen molar-refractivity contribution in [2.75, 3.05) is 37.7 Å². The summed E-state index contributed by atoms with van der Waals surface area (Å²) in [5.74, 6) is 2.67. The van der Waals surface area contributed by atoms with Crippen LogP contribution in [-0.4, -0.2) is 83.1 Å². The van der Waals surface area contributed by atoms with Crippen LogP contribution in [0.3, 0.4) is 0 Å². The van der Waals surface area contributed by atoms with Gasteiger partial charge in [0.1, 0.15) is 49.4 Å². The number of aromatic nitrogens is 3. The van der Waals surface area contributed by atoms with Crippen molar-refractivity contribution in [1.29, 1.82) is 0 Å². The zero-order valence-electron chi connectivity index (χ0n) is 31.4. The first kappa shape index (κ1) is 36.1. The lowest BCUT2D eigenvalue weighted by atomic mass is 9.95. The number of piperidine rings is 1. The molecule has 0 bridgehead atoms. The number of alkyl halides is 1. The number of pyridine rings is 1. The first-order valence-electron chi connectivity index (χ1n) is 19.1. The van der Waals surface area contributed by atoms with E-state index in [4.69, 9.17) is 15.5 Å². The molecule has 1 saturated carbocycles. The summed E-state index contributed by atoms with van der Waals surface area (Å²) in [4.78, 5) is 18.2. The van der Waals surface area contributed by atoms with Crippen LogP contribution in [0.4, 0.5) is 19.0 Å². The third kappa shape index (κ3) is 5.85. The van der Waals surface area contributed by atoms with Crippen molar-refractivity contribution in [3.63, 3.8) is 0 Å². The molecule has 4 atom stereocenters. The summed E-state index contributed by atoms with van der Waals surface area (Å²) in [7, 11) is -2.27. The van der Waals surface area contributed by atoms with E-state index in [-0.39, 0.29) is 46.2 Å². The van der Waals surface area contributed by atoms with Crippen LogP contribution in [0.25, 0.3) is 32.9 Å². The first-order chi connectivity index (χ1) is 25.2. The molecule has 0 unspecified atom stereocenters. The summed E-state index contributed by atoms with van der Waals surface area (Å²) in [5, 5.41) is 12.2. The highest BCUT2D eigenvalue weighted by Gasteiger charge is 2.58. The Morgan fingerprint density at radius 1 is 1.06 bits per heavy atom. The number of ether oxygens (including phenoxy) is 1. The number of aromatic hydroxyl groups is 1. The van der Waals surface area contributed by atoms with Crippen molar-refractivity contribution in [2.24, 2.45) is 11.7 Å². The standard InChI is InChI=1S/C41H49F3N6O2Si/c1-23(2)53(24(3)4,25(5)6)13-10-30-33(43)9-8-26-14-29(51)15-31(34(26)30)36-35(44)37-32(18-46-36)38(49-19-27-16-41(27,45)21-49)48-39(47-37)52-22-40-11-7-12-50(40)20-28(42)17-40/h8-9,14-15,18,23-25,27-28,51H,7,11-12,16-17,19-22,45H2,1-6H3/t27-,28-,40+,41-/m1/s1. The highest BCUT2D eigenvalue weighted by Crippen LogP contribution is 2.50. The van der Waals surface area contributed by atoms with E-state index in [1.807, 2.05) is 4.90 Å². The fraction of sp³-hybridized carbons (Fsp3) is 0.537. The van der Waals surface area contributed by atoms with Crippen LogP contribution in [0.5, 0.6) is 11.8 Å². The Morgan fingerprint density at radius 2 is 1.81 bits per heavy atom. The van der Waals surface area contributed by atoms with Gasteiger partial charge in [0.25, 0.3) is 0 Å². The second-order valence-corrected chi connectivity index (χ2v) is 22.6. The van der Waals surface area contributed by atoms with E-state index in [9.17, 15) is 9.50 Å². The monoisotopic (exact) mass is 742 g/mol. The number of hydrogen-bond donors (Lipinski definition) is 2. The van der Waals surface area contributed by atoms with Gasteiger partial charge in [0.15, 0.2) is 5.82 Å². The Balaban J connectivity index is 1.28. The van der Waals surface area contributed by atoms with Crippen molar-refractivity contribution in [3.8, 4) is 34.5 Å². The molecule has 3 N–H and O–H groups in total. The Kier molecular flexibility index (Phi) is 8.74.